The van der Waals surface area contributed by atoms with Crippen LogP contribution in [0.5, 0.6) is 0 Å². The van der Waals surface area contributed by atoms with Gasteiger partial charge in [-0.25, -0.2) is 0 Å². The molecule has 0 saturated carbocycles. The van der Waals surface area contributed by atoms with E-state index in [9.17, 15) is 0 Å². The molecule has 1 N–H and O–H groups in total. The van der Waals surface area contributed by atoms with Crippen LogP contribution in [0.15, 0.2) is 36.7 Å². The number of nitrogens with one attached hydrogen (secondary N) is 1. The fraction of sp³-hybridized carbons (Fsp3) is 0.400. The van der Waals surface area contributed by atoms with Gasteiger partial charge in [0.15, 0.2) is 0 Å². The van der Waals surface area contributed by atoms with E-state index < -0.39 is 0 Å². The zero-order valence-corrected chi connectivity index (χ0v) is 12.1. The van der Waals surface area contributed by atoms with E-state index in [0.29, 0.717) is 6.04 Å². The number of anilines is 1. The Labute approximate surface area is 115 Å². The fourth-order valence-corrected chi connectivity index (χ4v) is 1.96. The van der Waals surface area contributed by atoms with Gasteiger partial charge in [-0.05, 0) is 24.6 Å². The minimum absolute atomic E-state index is 0.308. The van der Waals surface area contributed by atoms with Crippen LogP contribution in [0.3, 0.4) is 0 Å². The van der Waals surface area contributed by atoms with Gasteiger partial charge < -0.3 is 10.2 Å². The van der Waals surface area contributed by atoms with Crippen LogP contribution in [-0.2, 0) is 13.6 Å². The first kappa shape index (κ1) is 13.6. The zero-order valence-electron chi connectivity index (χ0n) is 12.1. The van der Waals surface area contributed by atoms with Gasteiger partial charge in [-0.1, -0.05) is 12.1 Å². The summed E-state index contributed by atoms with van der Waals surface area (Å²) in [6.45, 7) is 3.02. The van der Waals surface area contributed by atoms with E-state index in [1.165, 1.54) is 16.8 Å². The summed E-state index contributed by atoms with van der Waals surface area (Å²) in [5, 5.41) is 7.71. The standard InChI is InChI=1S/C15H22N4/c1-12(14-10-17-19(4)11-14)16-9-13-5-7-15(8-6-13)18(2)3/h5-8,10-12,16H,9H2,1-4H3. The Hall–Kier alpha value is -1.81. The van der Waals surface area contributed by atoms with Crippen LogP contribution in [0.4, 0.5) is 5.69 Å². The lowest BCUT2D eigenvalue weighted by Gasteiger charge is -2.14. The van der Waals surface area contributed by atoms with E-state index in [1.54, 1.807) is 0 Å². The normalized spacial score (nSPS) is 12.4. The molecule has 1 unspecified atom stereocenters. The van der Waals surface area contributed by atoms with Crippen LogP contribution in [0.25, 0.3) is 0 Å². The van der Waals surface area contributed by atoms with E-state index in [-0.39, 0.29) is 0 Å². The highest BCUT2D eigenvalue weighted by atomic mass is 15.2. The van der Waals surface area contributed by atoms with Crippen molar-refractivity contribution in [2.75, 3.05) is 19.0 Å². The monoisotopic (exact) mass is 258 g/mol. The summed E-state index contributed by atoms with van der Waals surface area (Å²) in [5.41, 5.74) is 3.73. The Bertz CT molecular complexity index is 513. The molecule has 2 aromatic rings. The van der Waals surface area contributed by atoms with Gasteiger partial charge in [-0.15, -0.1) is 0 Å². The van der Waals surface area contributed by atoms with Gasteiger partial charge in [0.05, 0.1) is 6.20 Å². The number of aryl methyl sites for hydroxylation is 1. The van der Waals surface area contributed by atoms with Crippen molar-refractivity contribution in [1.29, 1.82) is 0 Å². The van der Waals surface area contributed by atoms with Crippen molar-refractivity contribution in [3.63, 3.8) is 0 Å². The van der Waals surface area contributed by atoms with Crippen LogP contribution in [0.1, 0.15) is 24.1 Å². The van der Waals surface area contributed by atoms with Crippen molar-refractivity contribution in [1.82, 2.24) is 15.1 Å². The molecule has 0 amide bonds. The molecule has 0 spiro atoms. The summed E-state index contributed by atoms with van der Waals surface area (Å²) in [6, 6.07) is 8.93. The Kier molecular flexibility index (Phi) is 4.22. The van der Waals surface area contributed by atoms with Gasteiger partial charge in [0.25, 0.3) is 0 Å². The lowest BCUT2D eigenvalue weighted by Crippen LogP contribution is -2.17. The van der Waals surface area contributed by atoms with Crippen molar-refractivity contribution >= 4 is 5.69 Å². The predicted octanol–water partition coefficient (Wildman–Crippen LogP) is 2.34. The molecule has 4 heteroatoms. The summed E-state index contributed by atoms with van der Waals surface area (Å²) in [6.07, 6.45) is 3.96. The number of aromatic nitrogens is 2. The molecule has 1 atom stereocenters. The summed E-state index contributed by atoms with van der Waals surface area (Å²) >= 11 is 0. The van der Waals surface area contributed by atoms with Crippen LogP contribution >= 0.6 is 0 Å². The predicted molar refractivity (Wildman–Crippen MR) is 79.2 cm³/mol. The molecule has 1 aromatic carbocycles. The SMILES string of the molecule is CC(NCc1ccc(N(C)C)cc1)c1cnn(C)c1. The fourth-order valence-electron chi connectivity index (χ4n) is 1.96. The van der Waals surface area contributed by atoms with Gasteiger partial charge in [0.1, 0.15) is 0 Å². The molecule has 19 heavy (non-hydrogen) atoms. The van der Waals surface area contributed by atoms with Crippen molar-refractivity contribution in [2.24, 2.45) is 7.05 Å². The molecule has 0 aliphatic rings. The molecule has 1 aromatic heterocycles. The third-order valence-electron chi connectivity index (χ3n) is 3.29. The molecule has 0 aliphatic carbocycles. The van der Waals surface area contributed by atoms with Gasteiger partial charge >= 0.3 is 0 Å². The van der Waals surface area contributed by atoms with Crippen molar-refractivity contribution < 1.29 is 0 Å². The molecule has 1 heterocycles. The average molecular weight is 258 g/mol. The molecular weight excluding hydrogens is 236 g/mol. The van der Waals surface area contributed by atoms with E-state index in [1.807, 2.05) is 24.1 Å². The largest absolute Gasteiger partial charge is 0.378 e. The Morgan fingerprint density at radius 3 is 2.47 bits per heavy atom. The Balaban J connectivity index is 1.91. The molecule has 0 fully saturated rings. The Morgan fingerprint density at radius 1 is 1.26 bits per heavy atom. The third kappa shape index (κ3) is 3.58. The number of rotatable bonds is 5. The average Bonchev–Trinajstić information content (AvgIpc) is 2.83. The van der Waals surface area contributed by atoms with E-state index >= 15 is 0 Å². The zero-order chi connectivity index (χ0) is 13.8. The number of nitrogens with zero attached hydrogens (tertiary/aromatic N) is 3. The second kappa shape index (κ2) is 5.89. The van der Waals surface area contributed by atoms with Gasteiger partial charge in [0, 0.05) is 51.2 Å². The maximum Gasteiger partial charge on any atom is 0.0537 e. The van der Waals surface area contributed by atoms with Crippen LogP contribution in [-0.4, -0.2) is 23.9 Å². The maximum atomic E-state index is 4.19. The first-order valence-electron chi connectivity index (χ1n) is 6.54. The summed E-state index contributed by atoms with van der Waals surface area (Å²) in [5.74, 6) is 0. The van der Waals surface area contributed by atoms with E-state index in [0.717, 1.165) is 6.54 Å². The molecular formula is C15H22N4. The highest BCUT2D eigenvalue weighted by molar-refractivity contribution is 5.45. The maximum absolute atomic E-state index is 4.19. The number of hydrogen-bond acceptors (Lipinski definition) is 3. The summed E-state index contributed by atoms with van der Waals surface area (Å²) in [7, 11) is 6.05. The highest BCUT2D eigenvalue weighted by Crippen LogP contribution is 2.14. The minimum atomic E-state index is 0.308. The van der Waals surface area contributed by atoms with Crippen LogP contribution in [0, 0.1) is 0 Å². The van der Waals surface area contributed by atoms with Crippen molar-refractivity contribution in [2.45, 2.75) is 19.5 Å². The van der Waals surface area contributed by atoms with Gasteiger partial charge in [0.2, 0.25) is 0 Å². The molecule has 4 nitrogen and oxygen atoms in total. The summed E-state index contributed by atoms with van der Waals surface area (Å²) < 4.78 is 1.83. The van der Waals surface area contributed by atoms with E-state index in [4.69, 9.17) is 0 Å². The highest BCUT2D eigenvalue weighted by Gasteiger charge is 2.06. The van der Waals surface area contributed by atoms with Gasteiger partial charge in [-0.3, -0.25) is 4.68 Å². The number of benzene rings is 1. The lowest BCUT2D eigenvalue weighted by molar-refractivity contribution is 0.574. The van der Waals surface area contributed by atoms with Crippen molar-refractivity contribution in [3.8, 4) is 0 Å². The summed E-state index contributed by atoms with van der Waals surface area (Å²) in [4.78, 5) is 2.11. The lowest BCUT2D eigenvalue weighted by atomic mass is 10.1. The smallest absolute Gasteiger partial charge is 0.0537 e. The minimum Gasteiger partial charge on any atom is -0.378 e. The first-order chi connectivity index (χ1) is 9.06. The third-order valence-corrected chi connectivity index (χ3v) is 3.29. The van der Waals surface area contributed by atoms with Crippen LogP contribution < -0.4 is 10.2 Å². The van der Waals surface area contributed by atoms with Crippen LogP contribution in [0.2, 0.25) is 0 Å². The first-order valence-corrected chi connectivity index (χ1v) is 6.54. The molecule has 0 aliphatic heterocycles. The Morgan fingerprint density at radius 2 is 1.95 bits per heavy atom. The van der Waals surface area contributed by atoms with Crippen molar-refractivity contribution in [3.05, 3.63) is 47.8 Å². The molecule has 0 bridgehead atoms. The second-order valence-electron chi connectivity index (χ2n) is 5.11. The molecule has 0 saturated heterocycles. The molecule has 102 valence electrons. The topological polar surface area (TPSA) is 33.1 Å². The molecule has 0 radical (unpaired) electrons. The quantitative estimate of drug-likeness (QED) is 0.893. The van der Waals surface area contributed by atoms with Gasteiger partial charge in [-0.2, -0.15) is 5.10 Å². The number of hydrogen-bond donors (Lipinski definition) is 1. The second-order valence-corrected chi connectivity index (χ2v) is 5.11. The van der Waals surface area contributed by atoms with E-state index in [2.05, 4.69) is 60.6 Å². The molecule has 2 rings (SSSR count).